The number of rotatable bonds is 5. The minimum Gasteiger partial charge on any atom is -0.484 e. The number of para-hydroxylation sites is 1. The van der Waals surface area contributed by atoms with E-state index in [9.17, 15) is 0 Å². The van der Waals surface area contributed by atoms with Gasteiger partial charge >= 0.3 is 0 Å². The summed E-state index contributed by atoms with van der Waals surface area (Å²) in [5, 5.41) is 9.57. The molecule has 33 heavy (non-hydrogen) atoms. The van der Waals surface area contributed by atoms with E-state index in [1.54, 1.807) is 23.3 Å². The molecule has 6 rings (SSSR count). The fourth-order valence-corrected chi connectivity index (χ4v) is 3.69. The third-order valence-corrected chi connectivity index (χ3v) is 5.40. The van der Waals surface area contributed by atoms with Gasteiger partial charge in [0.1, 0.15) is 23.1 Å². The summed E-state index contributed by atoms with van der Waals surface area (Å²) in [5.74, 6) is 1.31. The van der Waals surface area contributed by atoms with E-state index in [1.807, 2.05) is 73.8 Å². The standard InChI is InChI=1S/C25H18N6O2/c1-16(32-23-10-13-27-20-5-3-2-4-19(20)23)22-15-31(30-29-22)18-6-7-24-21(14-18)28-25(33-24)17-8-11-26-12-9-17/h2-16H,1H3. The van der Waals surface area contributed by atoms with Crippen LogP contribution < -0.4 is 4.74 Å². The smallest absolute Gasteiger partial charge is 0.227 e. The summed E-state index contributed by atoms with van der Waals surface area (Å²) in [7, 11) is 0. The van der Waals surface area contributed by atoms with Crippen LogP contribution >= 0.6 is 0 Å². The van der Waals surface area contributed by atoms with Crippen molar-refractivity contribution >= 4 is 22.0 Å². The molecular formula is C25H18N6O2. The maximum absolute atomic E-state index is 6.20. The summed E-state index contributed by atoms with van der Waals surface area (Å²) in [6.45, 7) is 1.95. The summed E-state index contributed by atoms with van der Waals surface area (Å²) < 4.78 is 13.8. The fraction of sp³-hybridized carbons (Fsp3) is 0.0800. The lowest BCUT2D eigenvalue weighted by molar-refractivity contribution is 0.224. The molecule has 1 atom stereocenters. The number of nitrogens with zero attached hydrogens (tertiary/aromatic N) is 6. The van der Waals surface area contributed by atoms with E-state index < -0.39 is 0 Å². The normalized spacial score (nSPS) is 12.3. The highest BCUT2D eigenvalue weighted by Crippen LogP contribution is 2.29. The Hall–Kier alpha value is -4.59. The summed E-state index contributed by atoms with van der Waals surface area (Å²) in [6, 6.07) is 19.2. The van der Waals surface area contributed by atoms with Gasteiger partial charge in [0.05, 0.1) is 17.4 Å². The van der Waals surface area contributed by atoms with Crippen molar-refractivity contribution in [1.82, 2.24) is 29.9 Å². The molecule has 0 aliphatic rings. The lowest BCUT2D eigenvalue weighted by Crippen LogP contribution is -2.04. The second kappa shape index (κ2) is 7.83. The van der Waals surface area contributed by atoms with Gasteiger partial charge in [0.2, 0.25) is 5.89 Å². The highest BCUT2D eigenvalue weighted by molar-refractivity contribution is 5.84. The Morgan fingerprint density at radius 3 is 2.73 bits per heavy atom. The number of pyridine rings is 2. The van der Waals surface area contributed by atoms with Crippen LogP contribution in [0, 0.1) is 0 Å². The van der Waals surface area contributed by atoms with Crippen LogP contribution in [0.1, 0.15) is 18.7 Å². The maximum atomic E-state index is 6.20. The third-order valence-electron chi connectivity index (χ3n) is 5.40. The lowest BCUT2D eigenvalue weighted by atomic mass is 10.2. The number of ether oxygens (including phenoxy) is 1. The minimum absolute atomic E-state index is 0.293. The average molecular weight is 434 g/mol. The molecule has 0 fully saturated rings. The van der Waals surface area contributed by atoms with Gasteiger partial charge in [0.15, 0.2) is 5.58 Å². The monoisotopic (exact) mass is 434 g/mol. The summed E-state index contributed by atoms with van der Waals surface area (Å²) in [4.78, 5) is 13.0. The molecule has 0 saturated heterocycles. The van der Waals surface area contributed by atoms with Crippen molar-refractivity contribution in [3.8, 4) is 22.9 Å². The van der Waals surface area contributed by atoms with Gasteiger partial charge < -0.3 is 9.15 Å². The van der Waals surface area contributed by atoms with E-state index in [2.05, 4.69) is 25.3 Å². The van der Waals surface area contributed by atoms with Gasteiger partial charge in [-0.05, 0) is 55.5 Å². The molecule has 0 spiro atoms. The van der Waals surface area contributed by atoms with E-state index in [0.29, 0.717) is 17.2 Å². The minimum atomic E-state index is -0.293. The van der Waals surface area contributed by atoms with Gasteiger partial charge in [0, 0.05) is 29.5 Å². The van der Waals surface area contributed by atoms with E-state index in [1.165, 1.54) is 0 Å². The first-order valence-corrected chi connectivity index (χ1v) is 10.5. The lowest BCUT2D eigenvalue weighted by Gasteiger charge is -2.13. The first-order chi connectivity index (χ1) is 16.2. The molecular weight excluding hydrogens is 416 g/mol. The third kappa shape index (κ3) is 3.57. The highest BCUT2D eigenvalue weighted by atomic mass is 16.5. The molecule has 0 radical (unpaired) electrons. The average Bonchev–Trinajstić information content (AvgIpc) is 3.52. The van der Waals surface area contributed by atoms with Crippen LogP contribution in [0.2, 0.25) is 0 Å². The molecule has 4 heterocycles. The molecule has 4 aromatic heterocycles. The Bertz CT molecular complexity index is 1570. The second-order valence-corrected chi connectivity index (χ2v) is 7.58. The van der Waals surface area contributed by atoms with Crippen molar-refractivity contribution in [3.63, 3.8) is 0 Å². The van der Waals surface area contributed by atoms with Gasteiger partial charge in [-0.3, -0.25) is 9.97 Å². The molecule has 1 unspecified atom stereocenters. The molecule has 8 heteroatoms. The molecule has 6 aromatic rings. The SMILES string of the molecule is CC(Oc1ccnc2ccccc12)c1cn(-c2ccc3oc(-c4ccncc4)nc3c2)nn1. The van der Waals surface area contributed by atoms with Crippen molar-refractivity contribution in [2.24, 2.45) is 0 Å². The van der Waals surface area contributed by atoms with Crippen LogP contribution in [0.5, 0.6) is 5.75 Å². The Balaban J connectivity index is 1.27. The Labute approximate surface area is 188 Å². The first-order valence-electron chi connectivity index (χ1n) is 10.5. The predicted molar refractivity (Wildman–Crippen MR) is 123 cm³/mol. The van der Waals surface area contributed by atoms with E-state index >= 15 is 0 Å². The number of benzene rings is 2. The van der Waals surface area contributed by atoms with E-state index in [4.69, 9.17) is 9.15 Å². The van der Waals surface area contributed by atoms with Crippen molar-refractivity contribution in [2.75, 3.05) is 0 Å². The van der Waals surface area contributed by atoms with Crippen molar-refractivity contribution in [2.45, 2.75) is 13.0 Å². The zero-order valence-electron chi connectivity index (χ0n) is 17.7. The number of hydrogen-bond acceptors (Lipinski definition) is 7. The van der Waals surface area contributed by atoms with Crippen molar-refractivity contribution in [3.05, 3.63) is 91.1 Å². The molecule has 0 N–H and O–H groups in total. The van der Waals surface area contributed by atoms with Gasteiger partial charge in [-0.25, -0.2) is 9.67 Å². The predicted octanol–water partition coefficient (Wildman–Crippen LogP) is 5.16. The number of fused-ring (bicyclic) bond motifs is 2. The van der Waals surface area contributed by atoms with Gasteiger partial charge in [-0.1, -0.05) is 17.3 Å². The van der Waals surface area contributed by atoms with Crippen molar-refractivity contribution in [1.29, 1.82) is 0 Å². The molecule has 0 aliphatic heterocycles. The second-order valence-electron chi connectivity index (χ2n) is 7.58. The first kappa shape index (κ1) is 19.1. The molecule has 0 amide bonds. The zero-order chi connectivity index (χ0) is 22.2. The Morgan fingerprint density at radius 1 is 0.939 bits per heavy atom. The number of oxazole rings is 1. The Kier molecular flexibility index (Phi) is 4.54. The number of aromatic nitrogens is 6. The molecule has 160 valence electrons. The largest absolute Gasteiger partial charge is 0.484 e. The van der Waals surface area contributed by atoms with E-state index in [-0.39, 0.29) is 6.10 Å². The Morgan fingerprint density at radius 2 is 1.82 bits per heavy atom. The molecule has 0 bridgehead atoms. The van der Waals surface area contributed by atoms with Gasteiger partial charge in [-0.15, -0.1) is 5.10 Å². The number of hydrogen-bond donors (Lipinski definition) is 0. The molecule has 8 nitrogen and oxygen atoms in total. The van der Waals surface area contributed by atoms with Crippen LogP contribution in [0.25, 0.3) is 39.1 Å². The summed E-state index contributed by atoms with van der Waals surface area (Å²) in [5.41, 5.74) is 4.75. The van der Waals surface area contributed by atoms with Crippen LogP contribution in [0.15, 0.2) is 89.9 Å². The molecule has 2 aromatic carbocycles. The molecule has 0 aliphatic carbocycles. The highest BCUT2D eigenvalue weighted by Gasteiger charge is 2.15. The van der Waals surface area contributed by atoms with E-state index in [0.717, 1.165) is 33.4 Å². The van der Waals surface area contributed by atoms with Gasteiger partial charge in [0.25, 0.3) is 0 Å². The van der Waals surface area contributed by atoms with Crippen LogP contribution in [0.4, 0.5) is 0 Å². The van der Waals surface area contributed by atoms with Crippen LogP contribution in [-0.4, -0.2) is 29.9 Å². The van der Waals surface area contributed by atoms with Gasteiger partial charge in [-0.2, -0.15) is 0 Å². The topological polar surface area (TPSA) is 91.8 Å². The quantitative estimate of drug-likeness (QED) is 0.370. The fourth-order valence-electron chi connectivity index (χ4n) is 3.69. The maximum Gasteiger partial charge on any atom is 0.227 e. The van der Waals surface area contributed by atoms with Crippen molar-refractivity contribution < 1.29 is 9.15 Å². The molecule has 0 saturated carbocycles. The summed E-state index contributed by atoms with van der Waals surface area (Å²) in [6.07, 6.45) is 6.74. The zero-order valence-corrected chi connectivity index (χ0v) is 17.7. The summed E-state index contributed by atoms with van der Waals surface area (Å²) >= 11 is 0. The van der Waals surface area contributed by atoms with Crippen LogP contribution in [0.3, 0.4) is 0 Å². The van der Waals surface area contributed by atoms with Crippen LogP contribution in [-0.2, 0) is 0 Å².